The molecule has 1 aromatic carbocycles. The van der Waals surface area contributed by atoms with Crippen molar-refractivity contribution in [2.45, 2.75) is 32.2 Å². The summed E-state index contributed by atoms with van der Waals surface area (Å²) >= 11 is 0. The average molecular weight is 248 g/mol. The molecular formula is C15H24N2O. The Morgan fingerprint density at radius 3 is 2.72 bits per heavy atom. The van der Waals surface area contributed by atoms with Crippen molar-refractivity contribution in [2.24, 2.45) is 5.73 Å². The second-order valence-corrected chi connectivity index (χ2v) is 5.92. The number of morpholine rings is 1. The molecular weight excluding hydrogens is 224 g/mol. The largest absolute Gasteiger partial charge is 0.377 e. The number of hydrogen-bond acceptors (Lipinski definition) is 3. The molecule has 1 heterocycles. The Bertz CT molecular complexity index is 398. The van der Waals surface area contributed by atoms with E-state index < -0.39 is 0 Å². The smallest absolute Gasteiger partial charge is 0.0683 e. The lowest BCUT2D eigenvalue weighted by molar-refractivity contribution is 0.0961. The van der Waals surface area contributed by atoms with Crippen molar-refractivity contribution in [1.29, 1.82) is 0 Å². The first kappa shape index (κ1) is 13.4. The van der Waals surface area contributed by atoms with Crippen molar-refractivity contribution in [3.8, 4) is 0 Å². The lowest BCUT2D eigenvalue weighted by atomic mass is 9.85. The number of hydrogen-bond donors (Lipinski definition) is 1. The van der Waals surface area contributed by atoms with Gasteiger partial charge in [-0.15, -0.1) is 0 Å². The van der Waals surface area contributed by atoms with Crippen LogP contribution >= 0.6 is 0 Å². The molecule has 2 N–H and O–H groups in total. The molecule has 0 spiro atoms. The van der Waals surface area contributed by atoms with Gasteiger partial charge in [-0.25, -0.2) is 0 Å². The Kier molecular flexibility index (Phi) is 3.93. The molecule has 1 unspecified atom stereocenters. The van der Waals surface area contributed by atoms with Crippen LogP contribution in [0.3, 0.4) is 0 Å². The third kappa shape index (κ3) is 2.68. The van der Waals surface area contributed by atoms with E-state index in [1.54, 1.807) is 0 Å². The molecule has 2 rings (SSSR count). The van der Waals surface area contributed by atoms with Gasteiger partial charge in [-0.2, -0.15) is 0 Å². The fourth-order valence-electron chi connectivity index (χ4n) is 2.53. The van der Waals surface area contributed by atoms with E-state index in [4.69, 9.17) is 10.5 Å². The van der Waals surface area contributed by atoms with Crippen LogP contribution in [-0.2, 0) is 10.2 Å². The molecule has 1 aliphatic rings. The Labute approximate surface area is 110 Å². The maximum Gasteiger partial charge on any atom is 0.0683 e. The van der Waals surface area contributed by atoms with Gasteiger partial charge in [-0.3, -0.25) is 0 Å². The minimum Gasteiger partial charge on any atom is -0.377 e. The van der Waals surface area contributed by atoms with Gasteiger partial charge in [0.1, 0.15) is 0 Å². The van der Waals surface area contributed by atoms with E-state index in [0.29, 0.717) is 12.6 Å². The van der Waals surface area contributed by atoms with Crippen molar-refractivity contribution in [2.75, 3.05) is 31.2 Å². The van der Waals surface area contributed by atoms with E-state index in [1.165, 1.54) is 11.3 Å². The number of rotatable bonds is 2. The maximum atomic E-state index is 5.87. The quantitative estimate of drug-likeness (QED) is 0.871. The lowest BCUT2D eigenvalue weighted by Crippen LogP contribution is -2.50. The van der Waals surface area contributed by atoms with Crippen LogP contribution in [-0.4, -0.2) is 32.3 Å². The summed E-state index contributed by atoms with van der Waals surface area (Å²) in [5.74, 6) is 0. The minimum atomic E-state index is 0.147. The van der Waals surface area contributed by atoms with Crippen LogP contribution in [0.2, 0.25) is 0 Å². The summed E-state index contributed by atoms with van der Waals surface area (Å²) in [5, 5.41) is 0. The van der Waals surface area contributed by atoms with Crippen molar-refractivity contribution >= 4 is 5.69 Å². The van der Waals surface area contributed by atoms with Gasteiger partial charge in [-0.1, -0.05) is 39.0 Å². The van der Waals surface area contributed by atoms with Crippen LogP contribution in [0, 0.1) is 0 Å². The fourth-order valence-corrected chi connectivity index (χ4v) is 2.53. The highest BCUT2D eigenvalue weighted by molar-refractivity contribution is 5.57. The summed E-state index contributed by atoms with van der Waals surface area (Å²) in [5.41, 5.74) is 8.70. The number of para-hydroxylation sites is 1. The van der Waals surface area contributed by atoms with Crippen molar-refractivity contribution in [3.63, 3.8) is 0 Å². The average Bonchev–Trinajstić information content (AvgIpc) is 2.37. The van der Waals surface area contributed by atoms with Crippen LogP contribution in [0.4, 0.5) is 5.69 Å². The zero-order valence-electron chi connectivity index (χ0n) is 11.6. The van der Waals surface area contributed by atoms with Crippen molar-refractivity contribution < 1.29 is 4.74 Å². The zero-order chi connectivity index (χ0) is 13.2. The van der Waals surface area contributed by atoms with Gasteiger partial charge in [0.2, 0.25) is 0 Å². The molecule has 18 heavy (non-hydrogen) atoms. The lowest BCUT2D eigenvalue weighted by Gasteiger charge is -2.39. The summed E-state index contributed by atoms with van der Waals surface area (Å²) in [7, 11) is 0. The van der Waals surface area contributed by atoms with Gasteiger partial charge in [0.25, 0.3) is 0 Å². The van der Waals surface area contributed by atoms with Gasteiger partial charge in [0.15, 0.2) is 0 Å². The van der Waals surface area contributed by atoms with E-state index in [9.17, 15) is 0 Å². The van der Waals surface area contributed by atoms with Gasteiger partial charge in [0, 0.05) is 18.8 Å². The Morgan fingerprint density at radius 2 is 2.06 bits per heavy atom. The van der Waals surface area contributed by atoms with Crippen LogP contribution < -0.4 is 10.6 Å². The Hall–Kier alpha value is -1.06. The van der Waals surface area contributed by atoms with E-state index in [2.05, 4.69) is 49.9 Å². The highest BCUT2D eigenvalue weighted by Crippen LogP contribution is 2.33. The summed E-state index contributed by atoms with van der Waals surface area (Å²) in [6.07, 6.45) is 0. The molecule has 3 heteroatoms. The summed E-state index contributed by atoms with van der Waals surface area (Å²) in [6.45, 7) is 9.84. The molecule has 0 saturated carbocycles. The number of anilines is 1. The monoisotopic (exact) mass is 248 g/mol. The fraction of sp³-hybridized carbons (Fsp3) is 0.600. The molecule has 0 radical (unpaired) electrons. The first-order chi connectivity index (χ1) is 8.54. The maximum absolute atomic E-state index is 5.87. The van der Waals surface area contributed by atoms with Gasteiger partial charge >= 0.3 is 0 Å². The van der Waals surface area contributed by atoms with Crippen molar-refractivity contribution in [1.82, 2.24) is 0 Å². The molecule has 1 saturated heterocycles. The molecule has 1 aliphatic heterocycles. The molecule has 1 fully saturated rings. The SMILES string of the molecule is CC(C)(C)c1ccccc1N1CCOCC1CN. The first-order valence-corrected chi connectivity index (χ1v) is 6.68. The number of benzene rings is 1. The zero-order valence-corrected chi connectivity index (χ0v) is 11.6. The van der Waals surface area contributed by atoms with Gasteiger partial charge < -0.3 is 15.4 Å². The third-order valence-electron chi connectivity index (χ3n) is 3.52. The predicted octanol–water partition coefficient (Wildman–Crippen LogP) is 2.15. The second-order valence-electron chi connectivity index (χ2n) is 5.92. The standard InChI is InChI=1S/C15H24N2O/c1-15(2,3)13-6-4-5-7-14(13)17-8-9-18-11-12(17)10-16/h4-7,12H,8-11,16H2,1-3H3. The molecule has 0 aliphatic carbocycles. The van der Waals surface area contributed by atoms with Crippen molar-refractivity contribution in [3.05, 3.63) is 29.8 Å². The van der Waals surface area contributed by atoms with Gasteiger partial charge in [-0.05, 0) is 17.0 Å². The summed E-state index contributed by atoms with van der Waals surface area (Å²) < 4.78 is 5.53. The topological polar surface area (TPSA) is 38.5 Å². The third-order valence-corrected chi connectivity index (χ3v) is 3.52. The van der Waals surface area contributed by atoms with Crippen LogP contribution in [0.1, 0.15) is 26.3 Å². The summed E-state index contributed by atoms with van der Waals surface area (Å²) in [4.78, 5) is 2.41. The number of ether oxygens (including phenoxy) is 1. The highest BCUT2D eigenvalue weighted by Gasteiger charge is 2.26. The minimum absolute atomic E-state index is 0.147. The summed E-state index contributed by atoms with van der Waals surface area (Å²) in [6, 6.07) is 8.94. The molecule has 0 amide bonds. The number of nitrogens with two attached hydrogens (primary N) is 1. The van der Waals surface area contributed by atoms with Crippen LogP contribution in [0.15, 0.2) is 24.3 Å². The molecule has 1 atom stereocenters. The first-order valence-electron chi connectivity index (χ1n) is 6.68. The normalized spacial score (nSPS) is 21.1. The molecule has 0 bridgehead atoms. The van der Waals surface area contributed by atoms with Gasteiger partial charge in [0.05, 0.1) is 19.3 Å². The molecule has 3 nitrogen and oxygen atoms in total. The Morgan fingerprint density at radius 1 is 1.33 bits per heavy atom. The van der Waals surface area contributed by atoms with Crippen LogP contribution in [0.25, 0.3) is 0 Å². The highest BCUT2D eigenvalue weighted by atomic mass is 16.5. The van der Waals surface area contributed by atoms with E-state index in [1.807, 2.05) is 0 Å². The van der Waals surface area contributed by atoms with E-state index in [-0.39, 0.29) is 5.41 Å². The van der Waals surface area contributed by atoms with Crippen LogP contribution in [0.5, 0.6) is 0 Å². The second kappa shape index (κ2) is 5.29. The molecule has 100 valence electrons. The molecule has 1 aromatic rings. The number of nitrogens with zero attached hydrogens (tertiary/aromatic N) is 1. The van der Waals surface area contributed by atoms with E-state index in [0.717, 1.165) is 19.8 Å². The Balaban J connectivity index is 2.37. The predicted molar refractivity (Wildman–Crippen MR) is 76.1 cm³/mol. The van der Waals surface area contributed by atoms with E-state index >= 15 is 0 Å². The molecule has 0 aromatic heterocycles.